The molecule has 0 rings (SSSR count). The topological polar surface area (TPSA) is 125 Å². The molecular formula is C15H26N2O7. The summed E-state index contributed by atoms with van der Waals surface area (Å²) < 4.78 is 9.84. The molecule has 0 unspecified atom stereocenters. The fourth-order valence-corrected chi connectivity index (χ4v) is 2.14. The summed E-state index contributed by atoms with van der Waals surface area (Å²) in [6.45, 7) is 7.21. The Balaban J connectivity index is 5.47. The zero-order chi connectivity index (χ0) is 19.0. The Morgan fingerprint density at radius 2 is 1.50 bits per heavy atom. The smallest absolute Gasteiger partial charge is 0.343 e. The Morgan fingerprint density at radius 3 is 1.83 bits per heavy atom. The van der Waals surface area contributed by atoms with Gasteiger partial charge in [0.1, 0.15) is 0 Å². The Morgan fingerprint density at radius 1 is 1.04 bits per heavy atom. The van der Waals surface area contributed by atoms with Crippen molar-refractivity contribution in [3.05, 3.63) is 10.1 Å². The maximum Gasteiger partial charge on any atom is 0.343 e. The van der Waals surface area contributed by atoms with E-state index in [1.165, 1.54) is 13.8 Å². The number of carbonyl (C=O) groups is 3. The van der Waals surface area contributed by atoms with Crippen molar-refractivity contribution in [1.82, 2.24) is 5.32 Å². The molecule has 138 valence electrons. The Hall–Kier alpha value is -2.19. The van der Waals surface area contributed by atoms with Gasteiger partial charge in [-0.25, -0.2) is 9.59 Å². The number of esters is 2. The number of carbonyl (C=O) groups excluding carboxylic acids is 3. The van der Waals surface area contributed by atoms with Crippen LogP contribution in [0.2, 0.25) is 0 Å². The summed E-state index contributed by atoms with van der Waals surface area (Å²) in [6, 6.07) is 0. The molecule has 0 aromatic carbocycles. The monoisotopic (exact) mass is 346 g/mol. The predicted octanol–water partition coefficient (Wildman–Crippen LogP) is 1.21. The molecule has 0 fully saturated rings. The van der Waals surface area contributed by atoms with Gasteiger partial charge in [0.2, 0.25) is 17.0 Å². The number of ether oxygens (including phenoxy) is 2. The van der Waals surface area contributed by atoms with Crippen LogP contribution in [0.5, 0.6) is 0 Å². The van der Waals surface area contributed by atoms with E-state index < -0.39 is 33.8 Å². The van der Waals surface area contributed by atoms with Crippen LogP contribution >= 0.6 is 0 Å². The summed E-state index contributed by atoms with van der Waals surface area (Å²) >= 11 is 0. The van der Waals surface area contributed by atoms with Gasteiger partial charge in [0.15, 0.2) is 0 Å². The summed E-state index contributed by atoms with van der Waals surface area (Å²) in [5.41, 5.74) is -3.21. The lowest BCUT2D eigenvalue weighted by molar-refractivity contribution is -0.561. The van der Waals surface area contributed by atoms with Crippen molar-refractivity contribution in [3.63, 3.8) is 0 Å². The molecule has 24 heavy (non-hydrogen) atoms. The van der Waals surface area contributed by atoms with Gasteiger partial charge in [0, 0.05) is 32.1 Å². The van der Waals surface area contributed by atoms with Crippen LogP contribution in [-0.4, -0.2) is 47.1 Å². The van der Waals surface area contributed by atoms with E-state index in [2.05, 4.69) is 5.32 Å². The minimum atomic E-state index is -2.00. The first-order chi connectivity index (χ1) is 11.0. The third kappa shape index (κ3) is 5.78. The minimum absolute atomic E-state index is 0.0139. The van der Waals surface area contributed by atoms with Crippen molar-refractivity contribution in [2.45, 2.75) is 65.0 Å². The SMILES string of the molecule is CCOC(=O)C(CCCC(C)(C)[N+](=O)[O-])(NC(C)=O)C(=O)OCC. The zero-order valence-electron chi connectivity index (χ0n) is 14.8. The first-order valence-corrected chi connectivity index (χ1v) is 7.81. The summed E-state index contributed by atoms with van der Waals surface area (Å²) in [5, 5.41) is 13.3. The van der Waals surface area contributed by atoms with E-state index in [-0.39, 0.29) is 32.5 Å². The van der Waals surface area contributed by atoms with E-state index >= 15 is 0 Å². The van der Waals surface area contributed by atoms with Crippen LogP contribution in [0.15, 0.2) is 0 Å². The maximum absolute atomic E-state index is 12.3. The van der Waals surface area contributed by atoms with Crippen molar-refractivity contribution < 1.29 is 28.8 Å². The molecule has 9 heteroatoms. The lowest BCUT2D eigenvalue weighted by atomic mass is 9.88. The van der Waals surface area contributed by atoms with Gasteiger partial charge in [0.25, 0.3) is 0 Å². The summed E-state index contributed by atoms with van der Waals surface area (Å²) in [6.07, 6.45) is 0.105. The largest absolute Gasteiger partial charge is 0.464 e. The van der Waals surface area contributed by atoms with E-state index in [1.54, 1.807) is 13.8 Å². The number of nitro groups is 1. The molecule has 0 aliphatic heterocycles. The average molecular weight is 346 g/mol. The molecule has 1 amide bonds. The molecule has 0 heterocycles. The Labute approximate surface area is 141 Å². The first-order valence-electron chi connectivity index (χ1n) is 7.81. The van der Waals surface area contributed by atoms with Gasteiger partial charge in [0.05, 0.1) is 13.2 Å². The van der Waals surface area contributed by atoms with Crippen LogP contribution in [0, 0.1) is 10.1 Å². The fraction of sp³-hybridized carbons (Fsp3) is 0.800. The van der Waals surface area contributed by atoms with Crippen molar-refractivity contribution in [2.24, 2.45) is 0 Å². The second-order valence-corrected chi connectivity index (χ2v) is 5.95. The molecule has 0 saturated carbocycles. The second-order valence-electron chi connectivity index (χ2n) is 5.95. The van der Waals surface area contributed by atoms with Crippen LogP contribution in [-0.2, 0) is 23.9 Å². The number of hydrogen-bond donors (Lipinski definition) is 1. The minimum Gasteiger partial charge on any atom is -0.464 e. The number of amides is 1. The highest BCUT2D eigenvalue weighted by Gasteiger charge is 2.50. The van der Waals surface area contributed by atoms with Gasteiger partial charge < -0.3 is 14.8 Å². The molecule has 0 atom stereocenters. The quantitative estimate of drug-likeness (QED) is 0.273. The van der Waals surface area contributed by atoms with Crippen LogP contribution in [0.25, 0.3) is 0 Å². The summed E-state index contributed by atoms with van der Waals surface area (Å²) in [5.74, 6) is -2.47. The van der Waals surface area contributed by atoms with E-state index in [0.717, 1.165) is 6.92 Å². The van der Waals surface area contributed by atoms with Crippen LogP contribution in [0.3, 0.4) is 0 Å². The van der Waals surface area contributed by atoms with Crippen molar-refractivity contribution >= 4 is 17.8 Å². The molecule has 0 bridgehead atoms. The normalized spacial score (nSPS) is 11.5. The lowest BCUT2D eigenvalue weighted by Crippen LogP contribution is -2.61. The van der Waals surface area contributed by atoms with Gasteiger partial charge in [-0.15, -0.1) is 0 Å². The number of hydrogen-bond acceptors (Lipinski definition) is 7. The number of nitrogens with zero attached hydrogens (tertiary/aromatic N) is 1. The summed E-state index contributed by atoms with van der Waals surface area (Å²) in [4.78, 5) is 46.7. The van der Waals surface area contributed by atoms with Gasteiger partial charge in [-0.1, -0.05) is 0 Å². The highest BCUT2D eigenvalue weighted by molar-refractivity contribution is 6.07. The second kappa shape index (κ2) is 9.19. The van der Waals surface area contributed by atoms with Crippen LogP contribution in [0.1, 0.15) is 53.9 Å². The molecule has 0 saturated heterocycles. The molecule has 0 aliphatic carbocycles. The van der Waals surface area contributed by atoms with E-state index in [9.17, 15) is 24.5 Å². The van der Waals surface area contributed by atoms with Gasteiger partial charge in [-0.05, 0) is 26.7 Å². The van der Waals surface area contributed by atoms with E-state index in [0.29, 0.717) is 0 Å². The van der Waals surface area contributed by atoms with Crippen molar-refractivity contribution in [3.8, 4) is 0 Å². The van der Waals surface area contributed by atoms with Crippen molar-refractivity contribution in [2.75, 3.05) is 13.2 Å². The third-order valence-electron chi connectivity index (χ3n) is 3.47. The summed E-state index contributed by atoms with van der Waals surface area (Å²) in [7, 11) is 0. The van der Waals surface area contributed by atoms with Gasteiger partial charge >= 0.3 is 11.9 Å². The van der Waals surface area contributed by atoms with E-state index in [4.69, 9.17) is 9.47 Å². The van der Waals surface area contributed by atoms with Crippen molar-refractivity contribution in [1.29, 1.82) is 0 Å². The molecule has 0 spiro atoms. The molecule has 0 aromatic rings. The maximum atomic E-state index is 12.3. The Bertz CT molecular complexity index is 470. The highest BCUT2D eigenvalue weighted by atomic mass is 16.6. The van der Waals surface area contributed by atoms with E-state index in [1.807, 2.05) is 0 Å². The van der Waals surface area contributed by atoms with Gasteiger partial charge in [-0.2, -0.15) is 0 Å². The first kappa shape index (κ1) is 21.8. The Kier molecular flexibility index (Phi) is 8.35. The zero-order valence-corrected chi connectivity index (χ0v) is 14.8. The molecular weight excluding hydrogens is 320 g/mol. The molecule has 1 N–H and O–H groups in total. The standard InChI is InChI=1S/C15H26N2O7/c1-6-23-12(19)15(16-11(3)18,13(20)24-7-2)10-8-9-14(4,5)17(21)22/h6-10H2,1-5H3,(H,16,18). The highest BCUT2D eigenvalue weighted by Crippen LogP contribution is 2.24. The number of nitrogens with one attached hydrogen (secondary N) is 1. The molecule has 0 aliphatic rings. The molecule has 0 aromatic heterocycles. The van der Waals surface area contributed by atoms with Gasteiger partial charge in [-0.3, -0.25) is 14.9 Å². The number of rotatable bonds is 10. The lowest BCUT2D eigenvalue weighted by Gasteiger charge is -2.30. The van der Waals surface area contributed by atoms with Crippen LogP contribution < -0.4 is 5.32 Å². The fourth-order valence-electron chi connectivity index (χ4n) is 2.14. The predicted molar refractivity (Wildman–Crippen MR) is 84.7 cm³/mol. The van der Waals surface area contributed by atoms with Crippen LogP contribution in [0.4, 0.5) is 0 Å². The molecule has 9 nitrogen and oxygen atoms in total. The molecule has 0 radical (unpaired) electrons. The average Bonchev–Trinajstić information content (AvgIpc) is 2.45. The third-order valence-corrected chi connectivity index (χ3v) is 3.47.